The van der Waals surface area contributed by atoms with Gasteiger partial charge in [0.25, 0.3) is 5.91 Å². The summed E-state index contributed by atoms with van der Waals surface area (Å²) in [6, 6.07) is 9.90. The van der Waals surface area contributed by atoms with E-state index < -0.39 is 0 Å². The van der Waals surface area contributed by atoms with Crippen molar-refractivity contribution in [2.45, 2.75) is 31.7 Å². The molecule has 2 aromatic heterocycles. The number of anilines is 2. The van der Waals surface area contributed by atoms with E-state index in [-0.39, 0.29) is 5.91 Å². The standard InChI is InChI=1S/C19H21N5O/c1-20-18(25)13-6-8-15(9-7-13)22-19-21-12-14-10-11-24(17(14)23-19)16-4-2-3-5-16/h6-12,16H,2-5H2,1H3,(H,20,25)(H,21,22,23). The lowest BCUT2D eigenvalue weighted by Gasteiger charge is -2.13. The molecule has 0 aliphatic heterocycles. The predicted octanol–water partition coefficient (Wildman–Crippen LogP) is 3.65. The number of carbonyl (C=O) groups excluding carboxylic acids is 1. The zero-order valence-corrected chi connectivity index (χ0v) is 14.2. The van der Waals surface area contributed by atoms with Crippen molar-refractivity contribution in [1.29, 1.82) is 0 Å². The van der Waals surface area contributed by atoms with Crippen LogP contribution in [-0.2, 0) is 0 Å². The van der Waals surface area contributed by atoms with Crippen molar-refractivity contribution >= 4 is 28.6 Å². The lowest BCUT2D eigenvalue weighted by molar-refractivity contribution is 0.0963. The molecule has 6 nitrogen and oxygen atoms in total. The first kappa shape index (κ1) is 15.6. The fourth-order valence-electron chi connectivity index (χ4n) is 3.45. The second-order valence-electron chi connectivity index (χ2n) is 6.42. The molecule has 6 heteroatoms. The Bertz CT molecular complexity index is 894. The van der Waals surface area contributed by atoms with Crippen molar-refractivity contribution in [3.05, 3.63) is 48.3 Å². The van der Waals surface area contributed by atoms with Gasteiger partial charge in [0.1, 0.15) is 5.65 Å². The smallest absolute Gasteiger partial charge is 0.251 e. The van der Waals surface area contributed by atoms with Crippen LogP contribution in [0.4, 0.5) is 11.6 Å². The number of aromatic nitrogens is 3. The van der Waals surface area contributed by atoms with Gasteiger partial charge in [-0.25, -0.2) is 4.98 Å². The highest BCUT2D eigenvalue weighted by molar-refractivity contribution is 5.94. The van der Waals surface area contributed by atoms with Crippen molar-refractivity contribution in [3.8, 4) is 0 Å². The van der Waals surface area contributed by atoms with Crippen molar-refractivity contribution in [2.75, 3.05) is 12.4 Å². The lowest BCUT2D eigenvalue weighted by Crippen LogP contribution is -2.17. The molecule has 1 amide bonds. The average molecular weight is 335 g/mol. The number of hydrogen-bond acceptors (Lipinski definition) is 4. The molecule has 0 radical (unpaired) electrons. The molecule has 0 bridgehead atoms. The van der Waals surface area contributed by atoms with E-state index in [4.69, 9.17) is 4.98 Å². The summed E-state index contributed by atoms with van der Waals surface area (Å²) in [5.74, 6) is 0.469. The first-order chi connectivity index (χ1) is 12.2. The Morgan fingerprint density at radius 3 is 2.64 bits per heavy atom. The molecule has 4 rings (SSSR count). The average Bonchev–Trinajstić information content (AvgIpc) is 3.30. The minimum Gasteiger partial charge on any atom is -0.355 e. The van der Waals surface area contributed by atoms with Crippen LogP contribution in [0.1, 0.15) is 42.1 Å². The van der Waals surface area contributed by atoms with E-state index >= 15 is 0 Å². The minimum atomic E-state index is -0.0985. The maximum absolute atomic E-state index is 11.6. The molecule has 1 aromatic carbocycles. The number of hydrogen-bond donors (Lipinski definition) is 2. The SMILES string of the molecule is CNC(=O)c1ccc(Nc2ncc3ccn(C4CCCC4)c3n2)cc1. The monoisotopic (exact) mass is 335 g/mol. The zero-order chi connectivity index (χ0) is 17.2. The van der Waals surface area contributed by atoms with Gasteiger partial charge in [-0.15, -0.1) is 0 Å². The molecule has 0 atom stereocenters. The summed E-state index contributed by atoms with van der Waals surface area (Å²) in [7, 11) is 1.62. The zero-order valence-electron chi connectivity index (χ0n) is 14.2. The van der Waals surface area contributed by atoms with E-state index in [0.29, 0.717) is 17.6 Å². The van der Waals surface area contributed by atoms with Crippen LogP contribution in [-0.4, -0.2) is 27.5 Å². The first-order valence-electron chi connectivity index (χ1n) is 8.67. The highest BCUT2D eigenvalue weighted by Gasteiger charge is 2.19. The van der Waals surface area contributed by atoms with E-state index in [1.54, 1.807) is 19.2 Å². The third-order valence-electron chi connectivity index (χ3n) is 4.80. The Kier molecular flexibility index (Phi) is 4.09. The van der Waals surface area contributed by atoms with E-state index in [9.17, 15) is 4.79 Å². The molecule has 2 N–H and O–H groups in total. The Balaban J connectivity index is 1.59. The molecule has 1 saturated carbocycles. The summed E-state index contributed by atoms with van der Waals surface area (Å²) in [5, 5.41) is 6.90. The first-order valence-corrected chi connectivity index (χ1v) is 8.67. The number of amides is 1. The maximum Gasteiger partial charge on any atom is 0.251 e. The van der Waals surface area contributed by atoms with E-state index in [1.807, 2.05) is 18.3 Å². The highest BCUT2D eigenvalue weighted by atomic mass is 16.1. The van der Waals surface area contributed by atoms with Crippen molar-refractivity contribution in [3.63, 3.8) is 0 Å². The molecule has 3 aromatic rings. The van der Waals surface area contributed by atoms with Gasteiger partial charge in [-0.3, -0.25) is 4.79 Å². The quantitative estimate of drug-likeness (QED) is 0.763. The van der Waals surface area contributed by atoms with Gasteiger partial charge in [0.05, 0.1) is 0 Å². The number of fused-ring (bicyclic) bond motifs is 1. The molecule has 0 saturated heterocycles. The van der Waals surface area contributed by atoms with Gasteiger partial charge >= 0.3 is 0 Å². The Labute approximate surface area is 146 Å². The van der Waals surface area contributed by atoms with Crippen LogP contribution >= 0.6 is 0 Å². The lowest BCUT2D eigenvalue weighted by atomic mass is 10.2. The number of benzene rings is 1. The molecule has 25 heavy (non-hydrogen) atoms. The van der Waals surface area contributed by atoms with E-state index in [0.717, 1.165) is 16.7 Å². The maximum atomic E-state index is 11.6. The molecule has 0 unspecified atom stereocenters. The minimum absolute atomic E-state index is 0.0985. The fourth-order valence-corrected chi connectivity index (χ4v) is 3.45. The molecule has 0 spiro atoms. The number of carbonyl (C=O) groups is 1. The van der Waals surface area contributed by atoms with Crippen LogP contribution in [0.15, 0.2) is 42.7 Å². The van der Waals surface area contributed by atoms with E-state index in [2.05, 4.69) is 32.4 Å². The van der Waals surface area contributed by atoms with Gasteiger partial charge in [0, 0.05) is 42.1 Å². The summed E-state index contributed by atoms with van der Waals surface area (Å²) in [5.41, 5.74) is 2.46. The van der Waals surface area contributed by atoms with Gasteiger partial charge < -0.3 is 15.2 Å². The highest BCUT2D eigenvalue weighted by Crippen LogP contribution is 2.32. The normalized spacial score (nSPS) is 14.8. The Hall–Kier alpha value is -2.89. The van der Waals surface area contributed by atoms with Gasteiger partial charge in [0.2, 0.25) is 5.95 Å². The molecular formula is C19H21N5O. The van der Waals surface area contributed by atoms with Crippen LogP contribution in [0.3, 0.4) is 0 Å². The van der Waals surface area contributed by atoms with Crippen molar-refractivity contribution in [1.82, 2.24) is 19.9 Å². The van der Waals surface area contributed by atoms with Crippen molar-refractivity contribution < 1.29 is 4.79 Å². The summed E-state index contributed by atoms with van der Waals surface area (Å²) in [6.07, 6.45) is 9.00. The van der Waals surface area contributed by atoms with Gasteiger partial charge in [-0.05, 0) is 43.2 Å². The fraction of sp³-hybridized carbons (Fsp3) is 0.316. The molecule has 2 heterocycles. The van der Waals surface area contributed by atoms with Crippen LogP contribution in [0.25, 0.3) is 11.0 Å². The second-order valence-corrected chi connectivity index (χ2v) is 6.42. The van der Waals surface area contributed by atoms with Crippen LogP contribution in [0, 0.1) is 0 Å². The van der Waals surface area contributed by atoms with Crippen LogP contribution in [0.2, 0.25) is 0 Å². The van der Waals surface area contributed by atoms with Crippen LogP contribution in [0.5, 0.6) is 0 Å². The number of nitrogens with one attached hydrogen (secondary N) is 2. The summed E-state index contributed by atoms with van der Waals surface area (Å²) < 4.78 is 2.28. The molecule has 128 valence electrons. The van der Waals surface area contributed by atoms with E-state index in [1.165, 1.54) is 25.7 Å². The number of rotatable bonds is 4. The second kappa shape index (κ2) is 6.55. The van der Waals surface area contributed by atoms with Gasteiger partial charge in [-0.1, -0.05) is 12.8 Å². The summed E-state index contributed by atoms with van der Waals surface area (Å²) >= 11 is 0. The topological polar surface area (TPSA) is 71.8 Å². The molecule has 1 aliphatic carbocycles. The molecule has 1 fully saturated rings. The Morgan fingerprint density at radius 1 is 1.16 bits per heavy atom. The van der Waals surface area contributed by atoms with Crippen molar-refractivity contribution in [2.24, 2.45) is 0 Å². The van der Waals surface area contributed by atoms with Crippen LogP contribution < -0.4 is 10.6 Å². The summed E-state index contributed by atoms with van der Waals surface area (Å²) in [6.45, 7) is 0. The summed E-state index contributed by atoms with van der Waals surface area (Å²) in [4.78, 5) is 20.7. The third kappa shape index (κ3) is 3.07. The largest absolute Gasteiger partial charge is 0.355 e. The third-order valence-corrected chi connectivity index (χ3v) is 4.80. The predicted molar refractivity (Wildman–Crippen MR) is 98.1 cm³/mol. The van der Waals surface area contributed by atoms with Gasteiger partial charge in [0.15, 0.2) is 0 Å². The number of nitrogens with zero attached hydrogens (tertiary/aromatic N) is 3. The molecule has 1 aliphatic rings. The Morgan fingerprint density at radius 2 is 1.92 bits per heavy atom. The van der Waals surface area contributed by atoms with Gasteiger partial charge in [-0.2, -0.15) is 4.98 Å². The molecular weight excluding hydrogens is 314 g/mol.